The molecule has 6 nitrogen and oxygen atoms in total. The topological polar surface area (TPSA) is 70.5 Å². The molecule has 1 aromatic rings. The molecule has 1 aliphatic carbocycles. The largest absolute Gasteiger partial charge is 0.341 e. The van der Waals surface area contributed by atoms with Gasteiger partial charge in [0.05, 0.1) is 0 Å². The van der Waals surface area contributed by atoms with Crippen molar-refractivity contribution in [1.29, 1.82) is 0 Å². The number of aryl methyl sites for hydroxylation is 1. The Kier molecular flexibility index (Phi) is 3.36. The highest BCUT2D eigenvalue weighted by molar-refractivity contribution is 6.07. The zero-order chi connectivity index (χ0) is 16.0. The van der Waals surface area contributed by atoms with Gasteiger partial charge in [-0.05, 0) is 45.6 Å². The standard InChI is InChI=1S/C17H23N5O/c1-11-10-14(13-4-3-5-13)20-16(18-11)22-8-6-17(7-9-22)15(23)19-12(2)21-17/h10,13H,3-9H2,1-2H3,(H,19,21,23). The Morgan fingerprint density at radius 3 is 2.52 bits per heavy atom. The highest BCUT2D eigenvalue weighted by Gasteiger charge is 2.45. The van der Waals surface area contributed by atoms with Crippen LogP contribution in [0.4, 0.5) is 5.95 Å². The van der Waals surface area contributed by atoms with Crippen LogP contribution in [0.2, 0.25) is 0 Å². The average Bonchev–Trinajstić information content (AvgIpc) is 2.71. The van der Waals surface area contributed by atoms with Crippen LogP contribution in [0.3, 0.4) is 0 Å². The van der Waals surface area contributed by atoms with E-state index in [-0.39, 0.29) is 5.91 Å². The number of carbonyl (C=O) groups is 1. The lowest BCUT2D eigenvalue weighted by atomic mass is 9.82. The maximum Gasteiger partial charge on any atom is 0.253 e. The van der Waals surface area contributed by atoms with Crippen LogP contribution in [0.1, 0.15) is 56.3 Å². The Morgan fingerprint density at radius 1 is 1.22 bits per heavy atom. The monoisotopic (exact) mass is 313 g/mol. The number of anilines is 1. The zero-order valence-corrected chi connectivity index (χ0v) is 13.8. The number of nitrogens with zero attached hydrogens (tertiary/aromatic N) is 4. The molecule has 1 aromatic heterocycles. The van der Waals surface area contributed by atoms with Gasteiger partial charge in [0.15, 0.2) is 0 Å². The number of amides is 1. The first-order chi connectivity index (χ1) is 11.1. The smallest absolute Gasteiger partial charge is 0.253 e. The van der Waals surface area contributed by atoms with Crippen LogP contribution in [0.5, 0.6) is 0 Å². The van der Waals surface area contributed by atoms with E-state index >= 15 is 0 Å². The summed E-state index contributed by atoms with van der Waals surface area (Å²) in [7, 11) is 0. The molecule has 2 aliphatic heterocycles. The van der Waals surface area contributed by atoms with Crippen molar-refractivity contribution in [2.75, 3.05) is 18.0 Å². The third kappa shape index (κ3) is 2.50. The first-order valence-corrected chi connectivity index (χ1v) is 8.54. The van der Waals surface area contributed by atoms with Crippen LogP contribution < -0.4 is 10.2 Å². The normalized spacial score (nSPS) is 23.7. The molecule has 2 fully saturated rings. The SMILES string of the molecule is CC1=NC2(CCN(c3nc(C)cc(C4CCC4)n3)CC2)C(=O)N1. The molecule has 3 aliphatic rings. The van der Waals surface area contributed by atoms with Gasteiger partial charge in [-0.15, -0.1) is 0 Å². The van der Waals surface area contributed by atoms with Crippen molar-refractivity contribution >= 4 is 17.7 Å². The van der Waals surface area contributed by atoms with Gasteiger partial charge in [-0.3, -0.25) is 9.79 Å². The summed E-state index contributed by atoms with van der Waals surface area (Å²) in [5.41, 5.74) is 1.66. The van der Waals surface area contributed by atoms with Crippen LogP contribution in [-0.4, -0.2) is 40.3 Å². The van der Waals surface area contributed by atoms with Crippen LogP contribution >= 0.6 is 0 Å². The number of piperidine rings is 1. The Labute approximate surface area is 136 Å². The van der Waals surface area contributed by atoms with E-state index in [4.69, 9.17) is 4.98 Å². The van der Waals surface area contributed by atoms with Crippen LogP contribution in [0.15, 0.2) is 11.1 Å². The molecule has 0 atom stereocenters. The van der Waals surface area contributed by atoms with Gasteiger partial charge in [0.1, 0.15) is 11.4 Å². The molecule has 1 N–H and O–H groups in total. The average molecular weight is 313 g/mol. The van der Waals surface area contributed by atoms with Crippen LogP contribution in [0, 0.1) is 6.92 Å². The highest BCUT2D eigenvalue weighted by atomic mass is 16.2. The summed E-state index contributed by atoms with van der Waals surface area (Å²) < 4.78 is 0. The summed E-state index contributed by atoms with van der Waals surface area (Å²) in [6.45, 7) is 5.44. The van der Waals surface area contributed by atoms with E-state index in [9.17, 15) is 4.79 Å². The van der Waals surface area contributed by atoms with Gasteiger partial charge in [0.2, 0.25) is 5.95 Å². The molecular weight excluding hydrogens is 290 g/mol. The molecule has 23 heavy (non-hydrogen) atoms. The van der Waals surface area contributed by atoms with Crippen molar-refractivity contribution in [3.8, 4) is 0 Å². The molecule has 0 aromatic carbocycles. The summed E-state index contributed by atoms with van der Waals surface area (Å²) in [5.74, 6) is 2.22. The molecule has 1 spiro atoms. The number of hydrogen-bond donors (Lipinski definition) is 1. The van der Waals surface area contributed by atoms with Crippen molar-refractivity contribution in [2.45, 2.75) is 57.4 Å². The Bertz CT molecular complexity index is 672. The van der Waals surface area contributed by atoms with Crippen molar-refractivity contribution in [2.24, 2.45) is 4.99 Å². The van der Waals surface area contributed by atoms with E-state index in [1.165, 1.54) is 25.0 Å². The highest BCUT2D eigenvalue weighted by Crippen LogP contribution is 2.36. The van der Waals surface area contributed by atoms with E-state index in [1.807, 2.05) is 13.8 Å². The number of carbonyl (C=O) groups excluding carboxylic acids is 1. The lowest BCUT2D eigenvalue weighted by molar-refractivity contribution is -0.124. The molecule has 1 amide bonds. The fourth-order valence-electron chi connectivity index (χ4n) is 3.73. The van der Waals surface area contributed by atoms with Crippen LogP contribution in [-0.2, 0) is 4.79 Å². The molecule has 0 unspecified atom stereocenters. The second kappa shape index (κ2) is 5.28. The van der Waals surface area contributed by atoms with Gasteiger partial charge in [-0.1, -0.05) is 6.42 Å². The van der Waals surface area contributed by atoms with Gasteiger partial charge in [0.25, 0.3) is 5.91 Å². The molecule has 1 saturated carbocycles. The maximum absolute atomic E-state index is 12.2. The van der Waals surface area contributed by atoms with E-state index in [0.29, 0.717) is 5.92 Å². The summed E-state index contributed by atoms with van der Waals surface area (Å²) in [6, 6.07) is 2.12. The number of hydrogen-bond acceptors (Lipinski definition) is 5. The van der Waals surface area contributed by atoms with E-state index in [0.717, 1.165) is 43.4 Å². The number of aliphatic imine (C=N–C) groups is 1. The van der Waals surface area contributed by atoms with Crippen LogP contribution in [0.25, 0.3) is 0 Å². The lowest BCUT2D eigenvalue weighted by Crippen LogP contribution is -2.49. The maximum atomic E-state index is 12.2. The Hall–Kier alpha value is -1.98. The van der Waals surface area contributed by atoms with E-state index in [1.54, 1.807) is 0 Å². The van der Waals surface area contributed by atoms with Crippen molar-refractivity contribution < 1.29 is 4.79 Å². The number of amidine groups is 1. The summed E-state index contributed by atoms with van der Waals surface area (Å²) >= 11 is 0. The molecule has 0 radical (unpaired) electrons. The van der Waals surface area contributed by atoms with Crippen molar-refractivity contribution in [3.05, 3.63) is 17.5 Å². The molecule has 1 saturated heterocycles. The van der Waals surface area contributed by atoms with Gasteiger partial charge >= 0.3 is 0 Å². The van der Waals surface area contributed by atoms with Crippen molar-refractivity contribution in [3.63, 3.8) is 0 Å². The second-order valence-corrected chi connectivity index (χ2v) is 7.03. The van der Waals surface area contributed by atoms with E-state index in [2.05, 4.69) is 26.3 Å². The molecule has 6 heteroatoms. The summed E-state index contributed by atoms with van der Waals surface area (Å²) in [4.78, 5) is 28.4. The van der Waals surface area contributed by atoms with Gasteiger partial charge in [-0.2, -0.15) is 0 Å². The Balaban J connectivity index is 1.52. The minimum absolute atomic E-state index is 0.0509. The van der Waals surface area contributed by atoms with Gasteiger partial charge in [-0.25, -0.2) is 9.97 Å². The number of rotatable bonds is 2. The predicted octanol–water partition coefficient (Wildman–Crippen LogP) is 1.94. The molecule has 122 valence electrons. The first kappa shape index (κ1) is 14.6. The molecule has 4 rings (SSSR count). The van der Waals surface area contributed by atoms with Crippen molar-refractivity contribution in [1.82, 2.24) is 15.3 Å². The Morgan fingerprint density at radius 2 is 1.96 bits per heavy atom. The quantitative estimate of drug-likeness (QED) is 0.906. The summed E-state index contributed by atoms with van der Waals surface area (Å²) in [5, 5.41) is 2.84. The van der Waals surface area contributed by atoms with E-state index < -0.39 is 5.54 Å². The molecule has 3 heterocycles. The lowest BCUT2D eigenvalue weighted by Gasteiger charge is -2.36. The summed E-state index contributed by atoms with van der Waals surface area (Å²) in [6.07, 6.45) is 5.25. The first-order valence-electron chi connectivity index (χ1n) is 8.54. The minimum Gasteiger partial charge on any atom is -0.341 e. The fraction of sp³-hybridized carbons (Fsp3) is 0.647. The van der Waals surface area contributed by atoms with Gasteiger partial charge in [0, 0.05) is 30.4 Å². The third-order valence-corrected chi connectivity index (χ3v) is 5.36. The fourth-order valence-corrected chi connectivity index (χ4v) is 3.73. The molecule has 0 bridgehead atoms. The second-order valence-electron chi connectivity index (χ2n) is 7.03. The third-order valence-electron chi connectivity index (χ3n) is 5.36. The zero-order valence-electron chi connectivity index (χ0n) is 13.8. The van der Waals surface area contributed by atoms with Gasteiger partial charge < -0.3 is 10.2 Å². The minimum atomic E-state index is -0.554. The number of aromatic nitrogens is 2. The number of nitrogens with one attached hydrogen (secondary N) is 1. The predicted molar refractivity (Wildman–Crippen MR) is 88.8 cm³/mol. The molecular formula is C17H23N5O.